The van der Waals surface area contributed by atoms with Crippen molar-refractivity contribution in [2.24, 2.45) is 5.73 Å². The molecule has 102 valence electrons. The molecule has 2 N–H and O–H groups in total. The molecule has 0 radical (unpaired) electrons. The van der Waals surface area contributed by atoms with E-state index in [-0.39, 0.29) is 0 Å². The van der Waals surface area contributed by atoms with Gasteiger partial charge in [-0.1, -0.05) is 32.3 Å². The van der Waals surface area contributed by atoms with E-state index in [1.165, 1.54) is 48.6 Å². The van der Waals surface area contributed by atoms with E-state index in [9.17, 15) is 0 Å². The molecule has 1 unspecified atom stereocenters. The Morgan fingerprint density at radius 3 is 2.74 bits per heavy atom. The van der Waals surface area contributed by atoms with Crippen LogP contribution in [0.3, 0.4) is 0 Å². The number of fused-ring (bicyclic) bond motifs is 1. The lowest BCUT2D eigenvalue weighted by molar-refractivity contribution is 0.361. The van der Waals surface area contributed by atoms with Gasteiger partial charge in [0.1, 0.15) is 0 Å². The first-order valence-corrected chi connectivity index (χ1v) is 7.60. The molecule has 0 amide bonds. The Morgan fingerprint density at radius 2 is 2.00 bits per heavy atom. The highest BCUT2D eigenvalue weighted by Crippen LogP contribution is 2.32. The van der Waals surface area contributed by atoms with Crippen molar-refractivity contribution in [2.45, 2.75) is 51.0 Å². The minimum absolute atomic E-state index is 0.447. The summed E-state index contributed by atoms with van der Waals surface area (Å²) in [6, 6.07) is 9.82. The molecular formula is C17H24N2. The summed E-state index contributed by atoms with van der Waals surface area (Å²) in [5.74, 6) is 0.447. The van der Waals surface area contributed by atoms with E-state index in [0.29, 0.717) is 12.0 Å². The fourth-order valence-corrected chi connectivity index (χ4v) is 3.30. The van der Waals surface area contributed by atoms with Gasteiger partial charge in [0.05, 0.1) is 0 Å². The minimum Gasteiger partial charge on any atom is -0.344 e. The topological polar surface area (TPSA) is 30.9 Å². The largest absolute Gasteiger partial charge is 0.344 e. The van der Waals surface area contributed by atoms with Crippen molar-refractivity contribution in [1.29, 1.82) is 0 Å². The maximum atomic E-state index is 5.77. The van der Waals surface area contributed by atoms with Crippen LogP contribution in [0.25, 0.3) is 10.9 Å². The summed E-state index contributed by atoms with van der Waals surface area (Å²) < 4.78 is 2.49. The molecule has 0 saturated heterocycles. The van der Waals surface area contributed by atoms with Crippen molar-refractivity contribution in [3.05, 3.63) is 36.0 Å². The SMILES string of the molecule is CC(CN)c1ccc2c(ccn2C2CCCCC2)c1. The van der Waals surface area contributed by atoms with Gasteiger partial charge in [-0.3, -0.25) is 0 Å². The predicted molar refractivity (Wildman–Crippen MR) is 81.5 cm³/mol. The molecular weight excluding hydrogens is 232 g/mol. The summed E-state index contributed by atoms with van der Waals surface area (Å²) in [6.45, 7) is 2.91. The molecule has 1 aromatic heterocycles. The van der Waals surface area contributed by atoms with Gasteiger partial charge in [-0.05, 0) is 54.5 Å². The van der Waals surface area contributed by atoms with Crippen LogP contribution in [0.4, 0.5) is 0 Å². The maximum absolute atomic E-state index is 5.77. The highest BCUT2D eigenvalue weighted by atomic mass is 15.0. The number of nitrogens with zero attached hydrogens (tertiary/aromatic N) is 1. The number of nitrogens with two attached hydrogens (primary N) is 1. The third kappa shape index (κ3) is 2.42. The molecule has 19 heavy (non-hydrogen) atoms. The van der Waals surface area contributed by atoms with Crippen molar-refractivity contribution in [3.63, 3.8) is 0 Å². The number of hydrogen-bond acceptors (Lipinski definition) is 1. The fourth-order valence-electron chi connectivity index (χ4n) is 3.30. The number of rotatable bonds is 3. The Bertz CT molecular complexity index is 549. The second-order valence-corrected chi connectivity index (χ2v) is 5.97. The van der Waals surface area contributed by atoms with E-state index in [0.717, 1.165) is 6.54 Å². The van der Waals surface area contributed by atoms with Crippen molar-refractivity contribution in [1.82, 2.24) is 4.57 Å². The molecule has 2 aromatic rings. The number of aromatic nitrogens is 1. The van der Waals surface area contributed by atoms with Gasteiger partial charge < -0.3 is 10.3 Å². The van der Waals surface area contributed by atoms with Gasteiger partial charge in [0.15, 0.2) is 0 Å². The maximum Gasteiger partial charge on any atom is 0.0483 e. The molecule has 0 aliphatic heterocycles. The molecule has 0 bridgehead atoms. The zero-order chi connectivity index (χ0) is 13.2. The van der Waals surface area contributed by atoms with Crippen LogP contribution < -0.4 is 5.73 Å². The molecule has 1 saturated carbocycles. The molecule has 1 aliphatic carbocycles. The van der Waals surface area contributed by atoms with Crippen molar-refractivity contribution in [3.8, 4) is 0 Å². The fraction of sp³-hybridized carbons (Fsp3) is 0.529. The lowest BCUT2D eigenvalue weighted by Gasteiger charge is -2.24. The van der Waals surface area contributed by atoms with E-state index in [1.54, 1.807) is 0 Å². The molecule has 2 heteroatoms. The van der Waals surface area contributed by atoms with E-state index in [1.807, 2.05) is 0 Å². The summed E-state index contributed by atoms with van der Waals surface area (Å²) in [4.78, 5) is 0. The number of benzene rings is 1. The predicted octanol–water partition coefficient (Wildman–Crippen LogP) is 4.21. The molecule has 0 spiro atoms. The molecule has 2 nitrogen and oxygen atoms in total. The highest BCUT2D eigenvalue weighted by molar-refractivity contribution is 5.81. The molecule has 3 rings (SSSR count). The number of hydrogen-bond donors (Lipinski definition) is 1. The van der Waals surface area contributed by atoms with Gasteiger partial charge in [0.2, 0.25) is 0 Å². The van der Waals surface area contributed by atoms with Gasteiger partial charge in [-0.25, -0.2) is 0 Å². The first kappa shape index (κ1) is 12.7. The molecule has 1 fully saturated rings. The van der Waals surface area contributed by atoms with Gasteiger partial charge in [-0.15, -0.1) is 0 Å². The second kappa shape index (κ2) is 5.38. The van der Waals surface area contributed by atoms with Crippen LogP contribution in [0.5, 0.6) is 0 Å². The van der Waals surface area contributed by atoms with Gasteiger partial charge >= 0.3 is 0 Å². The van der Waals surface area contributed by atoms with Crippen molar-refractivity contribution in [2.75, 3.05) is 6.54 Å². The second-order valence-electron chi connectivity index (χ2n) is 5.97. The Hall–Kier alpha value is -1.28. The minimum atomic E-state index is 0.447. The van der Waals surface area contributed by atoms with E-state index in [4.69, 9.17) is 5.73 Å². The Kier molecular flexibility index (Phi) is 3.61. The van der Waals surface area contributed by atoms with Crippen molar-refractivity contribution < 1.29 is 0 Å². The van der Waals surface area contributed by atoms with Crippen molar-refractivity contribution >= 4 is 10.9 Å². The van der Waals surface area contributed by atoms with E-state index in [2.05, 4.69) is 42.0 Å². The Balaban J connectivity index is 1.95. The third-order valence-corrected chi connectivity index (χ3v) is 4.64. The zero-order valence-electron chi connectivity index (χ0n) is 11.8. The summed E-state index contributed by atoms with van der Waals surface area (Å²) in [6.07, 6.45) is 9.13. The zero-order valence-corrected chi connectivity index (χ0v) is 11.8. The highest BCUT2D eigenvalue weighted by Gasteiger charge is 2.16. The summed E-state index contributed by atoms with van der Waals surface area (Å²) in [5, 5.41) is 1.36. The summed E-state index contributed by atoms with van der Waals surface area (Å²) in [7, 11) is 0. The molecule has 1 aromatic carbocycles. The summed E-state index contributed by atoms with van der Waals surface area (Å²) in [5.41, 5.74) is 8.51. The Morgan fingerprint density at radius 1 is 1.21 bits per heavy atom. The molecule has 1 heterocycles. The van der Waals surface area contributed by atoms with Crippen LogP contribution in [0.2, 0.25) is 0 Å². The quantitative estimate of drug-likeness (QED) is 0.876. The summed E-state index contributed by atoms with van der Waals surface area (Å²) >= 11 is 0. The lowest BCUT2D eigenvalue weighted by atomic mass is 9.95. The van der Waals surface area contributed by atoms with Gasteiger partial charge in [0.25, 0.3) is 0 Å². The van der Waals surface area contributed by atoms with E-state index >= 15 is 0 Å². The van der Waals surface area contributed by atoms with Gasteiger partial charge in [-0.2, -0.15) is 0 Å². The molecule has 1 atom stereocenters. The van der Waals surface area contributed by atoms with Crippen LogP contribution in [-0.2, 0) is 0 Å². The van der Waals surface area contributed by atoms with Crippen LogP contribution in [-0.4, -0.2) is 11.1 Å². The van der Waals surface area contributed by atoms with Crippen LogP contribution in [0.1, 0.15) is 56.6 Å². The van der Waals surface area contributed by atoms with E-state index < -0.39 is 0 Å². The average molecular weight is 256 g/mol. The third-order valence-electron chi connectivity index (χ3n) is 4.64. The van der Waals surface area contributed by atoms with Crippen LogP contribution in [0, 0.1) is 0 Å². The lowest BCUT2D eigenvalue weighted by Crippen LogP contribution is -2.11. The monoisotopic (exact) mass is 256 g/mol. The smallest absolute Gasteiger partial charge is 0.0483 e. The Labute approximate surface area is 115 Å². The molecule has 1 aliphatic rings. The first-order valence-electron chi connectivity index (χ1n) is 7.60. The first-order chi connectivity index (χ1) is 9.29. The van der Waals surface area contributed by atoms with Crippen LogP contribution in [0.15, 0.2) is 30.5 Å². The van der Waals surface area contributed by atoms with Gasteiger partial charge in [0, 0.05) is 17.8 Å². The van der Waals surface area contributed by atoms with Crippen LogP contribution >= 0.6 is 0 Å². The normalized spacial score (nSPS) is 18.8. The standard InChI is InChI=1S/C17H24N2/c1-13(12-18)14-7-8-17-15(11-14)9-10-19(17)16-5-3-2-4-6-16/h7-11,13,16H,2-6,12,18H2,1H3. The average Bonchev–Trinajstić information content (AvgIpc) is 2.90.